The first-order chi connectivity index (χ1) is 16.2. The van der Waals surface area contributed by atoms with Gasteiger partial charge in [0, 0.05) is 34.5 Å². The lowest BCUT2D eigenvalue weighted by Gasteiger charge is -2.39. The lowest BCUT2D eigenvalue weighted by Crippen LogP contribution is -2.58. The molecule has 0 aliphatic carbocycles. The monoisotopic (exact) mass is 468 g/mol. The van der Waals surface area contributed by atoms with Crippen LogP contribution in [-0.4, -0.2) is 51.1 Å². The number of aliphatic hydroxyl groups is 3. The maximum Gasteiger partial charge on any atom is 0.336 e. The van der Waals surface area contributed by atoms with Gasteiger partial charge in [0.15, 0.2) is 0 Å². The molecule has 4 aromatic rings. The minimum Gasteiger partial charge on any atom is -0.507 e. The zero-order valence-electron chi connectivity index (χ0n) is 17.7. The molecule has 10 nitrogen and oxygen atoms in total. The number of phenols is 1. The van der Waals surface area contributed by atoms with E-state index >= 15 is 0 Å². The van der Waals surface area contributed by atoms with E-state index in [1.54, 1.807) is 12.1 Å². The van der Waals surface area contributed by atoms with Crippen LogP contribution < -0.4 is 16.0 Å². The van der Waals surface area contributed by atoms with Crippen molar-refractivity contribution in [2.45, 2.75) is 37.6 Å². The van der Waals surface area contributed by atoms with Gasteiger partial charge < -0.3 is 38.7 Å². The average Bonchev–Trinajstić information content (AvgIpc) is 2.80. The highest BCUT2D eigenvalue weighted by atomic mass is 16.7. The van der Waals surface area contributed by atoms with Crippen molar-refractivity contribution in [3.05, 3.63) is 69.4 Å². The van der Waals surface area contributed by atoms with E-state index in [-0.39, 0.29) is 33.8 Å². The van der Waals surface area contributed by atoms with E-state index < -0.39 is 42.0 Å². The molecule has 2 aromatic carbocycles. The van der Waals surface area contributed by atoms with Crippen molar-refractivity contribution in [3.63, 3.8) is 0 Å². The molecule has 0 bridgehead atoms. The van der Waals surface area contributed by atoms with Gasteiger partial charge in [0.2, 0.25) is 6.29 Å². The number of rotatable bonds is 3. The van der Waals surface area contributed by atoms with Crippen LogP contribution in [0.3, 0.4) is 0 Å². The molecule has 3 heterocycles. The lowest BCUT2D eigenvalue weighted by atomic mass is 9.98. The Balaban J connectivity index is 1.71. The normalized spacial score (nSPS) is 25.0. The maximum atomic E-state index is 12.0. The predicted molar refractivity (Wildman–Crippen MR) is 119 cm³/mol. The molecule has 1 saturated heterocycles. The highest BCUT2D eigenvalue weighted by Gasteiger charge is 2.43. The lowest BCUT2D eigenvalue weighted by molar-refractivity contribution is -0.268. The Hall–Kier alpha value is -3.70. The van der Waals surface area contributed by atoms with E-state index in [1.807, 2.05) is 0 Å². The van der Waals surface area contributed by atoms with Gasteiger partial charge in [-0.2, -0.15) is 0 Å². The molecule has 0 radical (unpaired) electrons. The first-order valence-electron chi connectivity index (χ1n) is 10.4. The fourth-order valence-electron chi connectivity index (χ4n) is 4.01. The van der Waals surface area contributed by atoms with Crippen molar-refractivity contribution < 1.29 is 38.7 Å². The van der Waals surface area contributed by atoms with Crippen molar-refractivity contribution in [3.8, 4) is 22.6 Å². The molecule has 1 fully saturated rings. The third-order valence-electron chi connectivity index (χ3n) is 5.81. The minimum atomic E-state index is -1.59. The van der Waals surface area contributed by atoms with Crippen LogP contribution in [0.4, 0.5) is 0 Å². The third-order valence-corrected chi connectivity index (χ3v) is 5.81. The van der Waals surface area contributed by atoms with E-state index in [0.717, 1.165) is 0 Å². The van der Waals surface area contributed by atoms with Crippen molar-refractivity contribution in [1.82, 2.24) is 0 Å². The number of aliphatic hydroxyl groups excluding tert-OH is 3. The maximum absolute atomic E-state index is 12.0. The van der Waals surface area contributed by atoms with E-state index in [2.05, 4.69) is 0 Å². The highest BCUT2D eigenvalue weighted by Crippen LogP contribution is 2.43. The fourth-order valence-corrected chi connectivity index (χ4v) is 4.01. The van der Waals surface area contributed by atoms with Crippen LogP contribution in [0.2, 0.25) is 0 Å². The molecule has 2 aromatic heterocycles. The molecule has 0 spiro atoms. The Bertz CT molecular complexity index is 1500. The minimum absolute atomic E-state index is 0.0636. The summed E-state index contributed by atoms with van der Waals surface area (Å²) in [6.45, 7) is 1.51. The highest BCUT2D eigenvalue weighted by molar-refractivity contribution is 5.99. The Labute approximate surface area is 190 Å². The first-order valence-corrected chi connectivity index (χ1v) is 10.4. The Kier molecular flexibility index (Phi) is 5.37. The summed E-state index contributed by atoms with van der Waals surface area (Å²) in [6, 6.07) is 11.5. The summed E-state index contributed by atoms with van der Waals surface area (Å²) in [7, 11) is 0. The van der Waals surface area contributed by atoms with E-state index in [9.17, 15) is 30.0 Å². The van der Waals surface area contributed by atoms with Crippen LogP contribution in [-0.2, 0) is 4.74 Å². The van der Waals surface area contributed by atoms with Gasteiger partial charge in [-0.25, -0.2) is 9.59 Å². The first kappa shape index (κ1) is 22.1. The summed E-state index contributed by atoms with van der Waals surface area (Å²) in [5.74, 6) is -0.228. The largest absolute Gasteiger partial charge is 0.507 e. The van der Waals surface area contributed by atoms with E-state index in [0.29, 0.717) is 10.8 Å². The summed E-state index contributed by atoms with van der Waals surface area (Å²) < 4.78 is 22.0. The van der Waals surface area contributed by atoms with Gasteiger partial charge in [-0.1, -0.05) is 0 Å². The Morgan fingerprint density at radius 1 is 0.824 bits per heavy atom. The molecule has 10 heteroatoms. The predicted octanol–water partition coefficient (Wildman–Crippen LogP) is 1.48. The second-order valence-corrected chi connectivity index (χ2v) is 8.07. The van der Waals surface area contributed by atoms with Gasteiger partial charge in [0.05, 0.1) is 11.7 Å². The molecule has 34 heavy (non-hydrogen) atoms. The van der Waals surface area contributed by atoms with Crippen molar-refractivity contribution in [2.24, 2.45) is 0 Å². The molecular weight excluding hydrogens is 448 g/mol. The molecule has 1 aliphatic heterocycles. The SMILES string of the molecule is C[C@H]1O[C@H](Oc2ccc3ccc(=O)oc3c2-c2cc3ccc(=O)oc3cc2O)[C@H](O)[C@@H](O)[C@H]1O. The second-order valence-electron chi connectivity index (χ2n) is 8.07. The van der Waals surface area contributed by atoms with Gasteiger partial charge in [-0.3, -0.25) is 0 Å². The van der Waals surface area contributed by atoms with Crippen molar-refractivity contribution in [2.75, 3.05) is 0 Å². The quantitative estimate of drug-likeness (QED) is 0.324. The molecule has 5 atom stereocenters. The fraction of sp³-hybridized carbons (Fsp3) is 0.250. The number of phenolic OH excluding ortho intramolecular Hbond substituents is 1. The molecule has 0 saturated carbocycles. The van der Waals surface area contributed by atoms with Crippen LogP contribution in [0.25, 0.3) is 33.1 Å². The smallest absolute Gasteiger partial charge is 0.336 e. The molecule has 5 rings (SSSR count). The molecule has 0 unspecified atom stereocenters. The van der Waals surface area contributed by atoms with Gasteiger partial charge in [-0.15, -0.1) is 0 Å². The Morgan fingerprint density at radius 3 is 2.26 bits per heavy atom. The Morgan fingerprint density at radius 2 is 1.50 bits per heavy atom. The van der Waals surface area contributed by atoms with Crippen molar-refractivity contribution in [1.29, 1.82) is 0 Å². The molecule has 176 valence electrons. The van der Waals surface area contributed by atoms with Gasteiger partial charge in [-0.05, 0) is 37.3 Å². The molecule has 4 N–H and O–H groups in total. The number of ether oxygens (including phenoxy) is 2. The average molecular weight is 468 g/mol. The number of hydrogen-bond acceptors (Lipinski definition) is 10. The number of fused-ring (bicyclic) bond motifs is 2. The van der Waals surface area contributed by atoms with Crippen molar-refractivity contribution >= 4 is 21.9 Å². The summed E-state index contributed by atoms with van der Waals surface area (Å²) in [4.78, 5) is 23.6. The van der Waals surface area contributed by atoms with Crippen LogP contribution in [0.15, 0.2) is 67.0 Å². The molecule has 0 amide bonds. The van der Waals surface area contributed by atoms with Crippen LogP contribution in [0.5, 0.6) is 11.5 Å². The summed E-state index contributed by atoms with van der Waals surface area (Å²) in [6.07, 6.45) is -6.64. The summed E-state index contributed by atoms with van der Waals surface area (Å²) in [5, 5.41) is 42.3. The number of hydrogen-bond donors (Lipinski definition) is 4. The summed E-state index contributed by atoms with van der Waals surface area (Å²) >= 11 is 0. The standard InChI is InChI=1S/C24H20O10/c1-10-20(28)21(29)22(30)24(31-10)33-15-5-2-11-3-6-18(27)34-23(11)19(15)13-8-12-4-7-17(26)32-16(12)9-14(13)25/h2-10,20-22,24-25,28-30H,1H3/t10-,20+,21+,22-,24-/m1/s1. The zero-order chi connectivity index (χ0) is 24.1. The second kappa shape index (κ2) is 8.26. The topological polar surface area (TPSA) is 160 Å². The molecular formula is C24H20O10. The third kappa shape index (κ3) is 3.72. The van der Waals surface area contributed by atoms with E-state index in [4.69, 9.17) is 18.3 Å². The summed E-state index contributed by atoms with van der Waals surface area (Å²) in [5.41, 5.74) is -0.623. The zero-order valence-corrected chi connectivity index (χ0v) is 17.7. The van der Waals surface area contributed by atoms with Crippen LogP contribution in [0, 0.1) is 0 Å². The number of aromatic hydroxyl groups is 1. The molecule has 1 aliphatic rings. The van der Waals surface area contributed by atoms with Crippen LogP contribution in [0.1, 0.15) is 6.92 Å². The van der Waals surface area contributed by atoms with Gasteiger partial charge in [0.25, 0.3) is 0 Å². The number of benzene rings is 2. The van der Waals surface area contributed by atoms with Gasteiger partial charge >= 0.3 is 11.3 Å². The van der Waals surface area contributed by atoms with Gasteiger partial charge in [0.1, 0.15) is 41.0 Å². The van der Waals surface area contributed by atoms with Crippen LogP contribution >= 0.6 is 0 Å². The van der Waals surface area contributed by atoms with E-state index in [1.165, 1.54) is 43.3 Å².